The summed E-state index contributed by atoms with van der Waals surface area (Å²) in [6.45, 7) is 0.462. The van der Waals surface area contributed by atoms with Gasteiger partial charge in [0.25, 0.3) is 0 Å². The van der Waals surface area contributed by atoms with E-state index in [1.807, 2.05) is 31.3 Å². The van der Waals surface area contributed by atoms with Gasteiger partial charge in [0.15, 0.2) is 5.82 Å². The minimum Gasteiger partial charge on any atom is -0.376 e. The highest BCUT2D eigenvalue weighted by atomic mass is 15.3. The van der Waals surface area contributed by atoms with Crippen molar-refractivity contribution >= 4 is 16.6 Å². The van der Waals surface area contributed by atoms with E-state index in [1.165, 1.54) is 0 Å². The molecule has 0 saturated carbocycles. The van der Waals surface area contributed by atoms with Crippen LogP contribution in [0, 0.1) is 11.3 Å². The molecule has 0 saturated heterocycles. The summed E-state index contributed by atoms with van der Waals surface area (Å²) in [5.41, 5.74) is 2.13. The summed E-state index contributed by atoms with van der Waals surface area (Å²) in [5.74, 6) is 0.678. The number of para-hydroxylation sites is 1. The van der Waals surface area contributed by atoms with Crippen molar-refractivity contribution in [1.82, 2.24) is 19.7 Å². The van der Waals surface area contributed by atoms with Crippen molar-refractivity contribution in [3.63, 3.8) is 0 Å². The first-order valence-electron chi connectivity index (χ1n) is 6.14. The monoisotopic (exact) mass is 264 g/mol. The molecule has 3 rings (SSSR count). The van der Waals surface area contributed by atoms with Gasteiger partial charge in [0, 0.05) is 18.6 Å². The number of aryl methyl sites for hydroxylation is 1. The molecule has 2 aromatic heterocycles. The Hall–Kier alpha value is -2.94. The molecule has 0 radical (unpaired) electrons. The molecule has 0 fully saturated rings. The van der Waals surface area contributed by atoms with Crippen LogP contribution in [0.4, 0.5) is 5.69 Å². The highest BCUT2D eigenvalue weighted by molar-refractivity contribution is 5.93. The Balaban J connectivity index is 1.98. The molecule has 1 aromatic carbocycles. The first-order chi connectivity index (χ1) is 9.78. The third-order valence-electron chi connectivity index (χ3n) is 2.97. The zero-order valence-electron chi connectivity index (χ0n) is 10.9. The third kappa shape index (κ3) is 2.17. The van der Waals surface area contributed by atoms with Gasteiger partial charge >= 0.3 is 0 Å². The number of benzene rings is 1. The Labute approximate surface area is 115 Å². The van der Waals surface area contributed by atoms with Crippen molar-refractivity contribution in [1.29, 1.82) is 5.26 Å². The summed E-state index contributed by atoms with van der Waals surface area (Å²) < 4.78 is 1.65. The van der Waals surface area contributed by atoms with E-state index in [-0.39, 0.29) is 0 Å². The lowest BCUT2D eigenvalue weighted by atomic mass is 10.1. The molecule has 1 N–H and O–H groups in total. The van der Waals surface area contributed by atoms with E-state index in [0.717, 1.165) is 16.6 Å². The van der Waals surface area contributed by atoms with Crippen molar-refractivity contribution in [2.45, 2.75) is 6.54 Å². The minimum absolute atomic E-state index is 0.462. The van der Waals surface area contributed by atoms with Crippen LogP contribution in [-0.4, -0.2) is 19.7 Å². The lowest BCUT2D eigenvalue weighted by Crippen LogP contribution is -2.05. The van der Waals surface area contributed by atoms with Gasteiger partial charge < -0.3 is 5.32 Å². The van der Waals surface area contributed by atoms with Crippen LogP contribution >= 0.6 is 0 Å². The van der Waals surface area contributed by atoms with Gasteiger partial charge in [-0.1, -0.05) is 18.2 Å². The van der Waals surface area contributed by atoms with Gasteiger partial charge in [0.05, 0.1) is 23.3 Å². The van der Waals surface area contributed by atoms with E-state index in [2.05, 4.69) is 26.5 Å². The summed E-state index contributed by atoms with van der Waals surface area (Å²) >= 11 is 0. The predicted molar refractivity (Wildman–Crippen MR) is 74.8 cm³/mol. The van der Waals surface area contributed by atoms with E-state index < -0.39 is 0 Å². The topological polar surface area (TPSA) is 79.4 Å². The summed E-state index contributed by atoms with van der Waals surface area (Å²) in [7, 11) is 1.82. The number of hydrogen-bond donors (Lipinski definition) is 1. The van der Waals surface area contributed by atoms with Crippen LogP contribution in [0.25, 0.3) is 10.9 Å². The number of nitrogens with zero attached hydrogens (tertiary/aromatic N) is 5. The minimum atomic E-state index is 0.462. The second-order valence-electron chi connectivity index (χ2n) is 4.36. The third-order valence-corrected chi connectivity index (χ3v) is 2.97. The smallest absolute Gasteiger partial charge is 0.169 e. The van der Waals surface area contributed by atoms with Crippen LogP contribution in [0.5, 0.6) is 0 Å². The second kappa shape index (κ2) is 4.97. The van der Waals surface area contributed by atoms with Crippen LogP contribution in [-0.2, 0) is 13.6 Å². The maximum Gasteiger partial charge on any atom is 0.169 e. The summed E-state index contributed by atoms with van der Waals surface area (Å²) in [6.07, 6.45) is 3.23. The Morgan fingerprint density at radius 2 is 2.15 bits per heavy atom. The first kappa shape index (κ1) is 12.1. The van der Waals surface area contributed by atoms with E-state index in [4.69, 9.17) is 0 Å². The zero-order valence-corrected chi connectivity index (χ0v) is 10.9. The molecule has 20 heavy (non-hydrogen) atoms. The number of anilines is 1. The van der Waals surface area contributed by atoms with Gasteiger partial charge in [-0.15, -0.1) is 0 Å². The lowest BCUT2D eigenvalue weighted by molar-refractivity contribution is 0.747. The molecule has 0 spiro atoms. The van der Waals surface area contributed by atoms with Crippen LogP contribution in [0.1, 0.15) is 11.4 Å². The number of hydrogen-bond acceptors (Lipinski definition) is 5. The Bertz CT molecular complexity index is 799. The molecular weight excluding hydrogens is 252 g/mol. The molecular formula is C14H12N6. The average molecular weight is 264 g/mol. The highest BCUT2D eigenvalue weighted by Gasteiger charge is 2.09. The molecule has 0 unspecified atom stereocenters. The normalized spacial score (nSPS) is 10.4. The Morgan fingerprint density at radius 3 is 2.90 bits per heavy atom. The average Bonchev–Trinajstić information content (AvgIpc) is 2.90. The fourth-order valence-electron chi connectivity index (χ4n) is 2.05. The van der Waals surface area contributed by atoms with Crippen LogP contribution in [0.2, 0.25) is 0 Å². The lowest BCUT2D eigenvalue weighted by Gasteiger charge is -2.09. The van der Waals surface area contributed by atoms with Crippen molar-refractivity contribution in [3.05, 3.63) is 48.2 Å². The number of nitriles is 1. The first-order valence-corrected chi connectivity index (χ1v) is 6.14. The highest BCUT2D eigenvalue weighted by Crippen LogP contribution is 2.25. The van der Waals surface area contributed by atoms with E-state index in [0.29, 0.717) is 17.9 Å². The Morgan fingerprint density at radius 1 is 1.30 bits per heavy atom. The fraction of sp³-hybridized carbons (Fsp3) is 0.143. The largest absolute Gasteiger partial charge is 0.376 e. The van der Waals surface area contributed by atoms with Gasteiger partial charge in [0.2, 0.25) is 0 Å². The zero-order chi connectivity index (χ0) is 13.9. The van der Waals surface area contributed by atoms with Crippen LogP contribution < -0.4 is 5.32 Å². The van der Waals surface area contributed by atoms with Crippen molar-refractivity contribution in [2.75, 3.05) is 5.32 Å². The molecule has 0 aliphatic carbocycles. The SMILES string of the molecule is Cn1cnc(CNc2c(C#N)cnc3ccccc23)n1. The molecule has 0 bridgehead atoms. The molecule has 0 aliphatic heterocycles. The fourth-order valence-corrected chi connectivity index (χ4v) is 2.05. The van der Waals surface area contributed by atoms with E-state index >= 15 is 0 Å². The number of fused-ring (bicyclic) bond motifs is 1. The number of rotatable bonds is 3. The molecule has 6 nitrogen and oxygen atoms in total. The standard InChI is InChI=1S/C14H12N6/c1-20-9-18-13(19-20)8-17-14-10(6-15)7-16-12-5-3-2-4-11(12)14/h2-5,7,9H,8H2,1H3,(H,16,17). The van der Waals surface area contributed by atoms with Crippen LogP contribution in [0.15, 0.2) is 36.8 Å². The molecule has 0 amide bonds. The summed E-state index contributed by atoms with van der Waals surface area (Å²) in [5, 5.41) is 17.6. The van der Waals surface area contributed by atoms with Crippen molar-refractivity contribution in [3.8, 4) is 6.07 Å². The van der Waals surface area contributed by atoms with Crippen molar-refractivity contribution < 1.29 is 0 Å². The quantitative estimate of drug-likeness (QED) is 0.781. The van der Waals surface area contributed by atoms with Gasteiger partial charge in [-0.2, -0.15) is 10.4 Å². The molecule has 0 atom stereocenters. The van der Waals surface area contributed by atoms with Gasteiger partial charge in [0.1, 0.15) is 12.4 Å². The Kier molecular flexibility index (Phi) is 3.01. The maximum absolute atomic E-state index is 9.21. The second-order valence-corrected chi connectivity index (χ2v) is 4.36. The predicted octanol–water partition coefficient (Wildman–Crippen LogP) is 1.85. The van der Waals surface area contributed by atoms with Crippen molar-refractivity contribution in [2.24, 2.45) is 7.05 Å². The molecule has 6 heteroatoms. The van der Waals surface area contributed by atoms with Gasteiger partial charge in [-0.25, -0.2) is 4.98 Å². The maximum atomic E-state index is 9.21. The summed E-state index contributed by atoms with van der Waals surface area (Å²) in [6, 6.07) is 9.87. The van der Waals surface area contributed by atoms with Gasteiger partial charge in [-0.3, -0.25) is 9.67 Å². The molecule has 2 heterocycles. The van der Waals surface area contributed by atoms with Crippen LogP contribution in [0.3, 0.4) is 0 Å². The summed E-state index contributed by atoms with van der Waals surface area (Å²) in [4.78, 5) is 8.43. The molecule has 0 aliphatic rings. The number of aromatic nitrogens is 4. The number of nitrogens with one attached hydrogen (secondary N) is 1. The molecule has 98 valence electrons. The van der Waals surface area contributed by atoms with E-state index in [9.17, 15) is 5.26 Å². The number of pyridine rings is 1. The molecule has 3 aromatic rings. The van der Waals surface area contributed by atoms with E-state index in [1.54, 1.807) is 17.2 Å². The van der Waals surface area contributed by atoms with Gasteiger partial charge in [-0.05, 0) is 6.07 Å².